The number of methoxy groups -OCH3 is 1. The van der Waals surface area contributed by atoms with Crippen LogP contribution in [0.5, 0.6) is 5.75 Å². The Bertz CT molecular complexity index is 601. The number of pyridine rings is 1. The van der Waals surface area contributed by atoms with Crippen molar-refractivity contribution in [3.8, 4) is 5.75 Å². The molecule has 0 amide bonds. The van der Waals surface area contributed by atoms with Gasteiger partial charge in [-0.25, -0.2) is 0 Å². The number of ether oxygens (including phenoxy) is 1. The summed E-state index contributed by atoms with van der Waals surface area (Å²) in [7, 11) is 1.53. The van der Waals surface area contributed by atoms with Gasteiger partial charge in [0.05, 0.1) is 18.3 Å². The Labute approximate surface area is 123 Å². The second-order valence-electron chi connectivity index (χ2n) is 3.57. The van der Waals surface area contributed by atoms with Crippen LogP contribution in [0.2, 0.25) is 5.02 Å². The summed E-state index contributed by atoms with van der Waals surface area (Å²) >= 11 is 8.12. The summed E-state index contributed by atoms with van der Waals surface area (Å²) in [5.41, 5.74) is 1.02. The normalized spacial score (nSPS) is 10.2. The van der Waals surface area contributed by atoms with Crippen LogP contribution in [0.1, 0.15) is 15.9 Å². The molecule has 0 radical (unpaired) electrons. The molecule has 0 atom stereocenters. The van der Waals surface area contributed by atoms with Crippen molar-refractivity contribution in [2.24, 2.45) is 0 Å². The van der Waals surface area contributed by atoms with Gasteiger partial charge in [0.2, 0.25) is 0 Å². The predicted molar refractivity (Wildman–Crippen MR) is 78.4 cm³/mol. The number of aromatic nitrogens is 1. The molecule has 0 aliphatic carbocycles. The van der Waals surface area contributed by atoms with Gasteiger partial charge in [-0.15, -0.1) is 0 Å². The molecule has 1 heterocycles. The van der Waals surface area contributed by atoms with E-state index in [1.54, 1.807) is 24.4 Å². The Balaban J connectivity index is 2.38. The van der Waals surface area contributed by atoms with Crippen molar-refractivity contribution < 1.29 is 9.53 Å². The zero-order valence-electron chi connectivity index (χ0n) is 9.48. The van der Waals surface area contributed by atoms with E-state index >= 15 is 0 Å². The van der Waals surface area contributed by atoms with E-state index in [9.17, 15) is 4.79 Å². The molecule has 0 aliphatic heterocycles. The first-order valence-electron chi connectivity index (χ1n) is 5.10. The molecule has 2 rings (SSSR count). The maximum Gasteiger partial charge on any atom is 0.194 e. The number of carbonyl (C=O) groups excluding carboxylic acids is 1. The Morgan fingerprint density at radius 2 is 2.06 bits per heavy atom. The van der Waals surface area contributed by atoms with Crippen molar-refractivity contribution >= 4 is 40.0 Å². The Kier molecular flexibility index (Phi) is 4.19. The van der Waals surface area contributed by atoms with Crippen molar-refractivity contribution in [2.75, 3.05) is 7.11 Å². The van der Waals surface area contributed by atoms with E-state index in [2.05, 4.69) is 27.6 Å². The van der Waals surface area contributed by atoms with E-state index in [0.29, 0.717) is 21.9 Å². The molecule has 0 fully saturated rings. The quantitative estimate of drug-likeness (QED) is 0.610. The van der Waals surface area contributed by atoms with Crippen LogP contribution < -0.4 is 4.74 Å². The minimum Gasteiger partial charge on any atom is -0.495 e. The van der Waals surface area contributed by atoms with Gasteiger partial charge in [0.1, 0.15) is 5.75 Å². The van der Waals surface area contributed by atoms with E-state index < -0.39 is 0 Å². The SMILES string of the molecule is COc1cncc(C(=O)c2ccc(I)c(Cl)c2)c1. The predicted octanol–water partition coefficient (Wildman–Crippen LogP) is 3.58. The smallest absolute Gasteiger partial charge is 0.194 e. The monoisotopic (exact) mass is 373 g/mol. The summed E-state index contributed by atoms with van der Waals surface area (Å²) in [6.45, 7) is 0. The van der Waals surface area contributed by atoms with Gasteiger partial charge in [-0.2, -0.15) is 0 Å². The molecular weight excluding hydrogens is 365 g/mol. The van der Waals surface area contributed by atoms with Gasteiger partial charge in [-0.1, -0.05) is 11.6 Å². The van der Waals surface area contributed by atoms with E-state index in [1.165, 1.54) is 13.3 Å². The van der Waals surface area contributed by atoms with Gasteiger partial charge in [0.25, 0.3) is 0 Å². The number of halogens is 2. The summed E-state index contributed by atoms with van der Waals surface area (Å²) in [6, 6.07) is 6.87. The summed E-state index contributed by atoms with van der Waals surface area (Å²) in [4.78, 5) is 16.2. The van der Waals surface area contributed by atoms with Gasteiger partial charge in [0.15, 0.2) is 5.78 Å². The Morgan fingerprint density at radius 1 is 1.28 bits per heavy atom. The molecule has 5 heteroatoms. The second-order valence-corrected chi connectivity index (χ2v) is 5.14. The summed E-state index contributed by atoms with van der Waals surface area (Å²) < 4.78 is 5.95. The lowest BCUT2D eigenvalue weighted by molar-refractivity contribution is 0.103. The lowest BCUT2D eigenvalue weighted by Crippen LogP contribution is -2.02. The molecule has 18 heavy (non-hydrogen) atoms. The van der Waals surface area contributed by atoms with Crippen LogP contribution in [0.25, 0.3) is 0 Å². The number of rotatable bonds is 3. The molecule has 2 aromatic rings. The number of hydrogen-bond donors (Lipinski definition) is 0. The van der Waals surface area contributed by atoms with Crippen LogP contribution >= 0.6 is 34.2 Å². The Hall–Kier alpha value is -1.14. The maximum atomic E-state index is 12.2. The molecule has 0 saturated heterocycles. The molecule has 92 valence electrons. The first-order valence-corrected chi connectivity index (χ1v) is 6.56. The van der Waals surface area contributed by atoms with Crippen molar-refractivity contribution in [3.05, 3.63) is 56.4 Å². The van der Waals surface area contributed by atoms with Gasteiger partial charge in [-0.3, -0.25) is 9.78 Å². The third-order valence-corrected chi connectivity index (χ3v) is 3.97. The fourth-order valence-corrected chi connectivity index (χ4v) is 1.97. The van der Waals surface area contributed by atoms with Gasteiger partial charge >= 0.3 is 0 Å². The highest BCUT2D eigenvalue weighted by molar-refractivity contribution is 14.1. The minimum absolute atomic E-state index is 0.125. The highest BCUT2D eigenvalue weighted by Crippen LogP contribution is 2.22. The molecule has 0 unspecified atom stereocenters. The topological polar surface area (TPSA) is 39.2 Å². The van der Waals surface area contributed by atoms with Crippen LogP contribution in [0, 0.1) is 3.57 Å². The average molecular weight is 374 g/mol. The molecule has 0 bridgehead atoms. The van der Waals surface area contributed by atoms with Crippen LogP contribution in [-0.4, -0.2) is 17.9 Å². The van der Waals surface area contributed by atoms with E-state index in [-0.39, 0.29) is 5.78 Å². The number of carbonyl (C=O) groups is 1. The first-order chi connectivity index (χ1) is 8.61. The number of ketones is 1. The van der Waals surface area contributed by atoms with Gasteiger partial charge < -0.3 is 4.74 Å². The van der Waals surface area contributed by atoms with Gasteiger partial charge in [0, 0.05) is 20.9 Å². The fourth-order valence-electron chi connectivity index (χ4n) is 1.46. The highest BCUT2D eigenvalue weighted by Gasteiger charge is 2.11. The summed E-state index contributed by atoms with van der Waals surface area (Å²) in [6.07, 6.45) is 3.06. The molecule has 1 aromatic heterocycles. The Morgan fingerprint density at radius 3 is 2.72 bits per heavy atom. The van der Waals surface area contributed by atoms with Crippen molar-refractivity contribution in [1.82, 2.24) is 4.98 Å². The molecule has 0 N–H and O–H groups in total. The van der Waals surface area contributed by atoms with Crippen LogP contribution in [-0.2, 0) is 0 Å². The highest BCUT2D eigenvalue weighted by atomic mass is 127. The van der Waals surface area contributed by atoms with Crippen molar-refractivity contribution in [3.63, 3.8) is 0 Å². The first kappa shape index (κ1) is 13.3. The van der Waals surface area contributed by atoms with Crippen LogP contribution in [0.4, 0.5) is 0 Å². The standard InChI is InChI=1S/C13H9ClINO2/c1-18-10-4-9(6-16-7-10)13(17)8-2-3-12(15)11(14)5-8/h2-7H,1H3. The third kappa shape index (κ3) is 2.81. The third-order valence-electron chi connectivity index (χ3n) is 2.39. The number of nitrogens with zero attached hydrogens (tertiary/aromatic N) is 1. The van der Waals surface area contributed by atoms with E-state index in [1.807, 2.05) is 6.07 Å². The molecule has 0 spiro atoms. The fraction of sp³-hybridized carbons (Fsp3) is 0.0769. The van der Waals surface area contributed by atoms with Gasteiger partial charge in [-0.05, 0) is 46.9 Å². The number of benzene rings is 1. The molecule has 3 nitrogen and oxygen atoms in total. The van der Waals surface area contributed by atoms with Crippen molar-refractivity contribution in [2.45, 2.75) is 0 Å². The second kappa shape index (κ2) is 5.67. The molecular formula is C13H9ClINO2. The zero-order valence-corrected chi connectivity index (χ0v) is 12.4. The minimum atomic E-state index is -0.125. The summed E-state index contributed by atoms with van der Waals surface area (Å²) in [5, 5.41) is 0.567. The zero-order chi connectivity index (χ0) is 13.1. The number of hydrogen-bond acceptors (Lipinski definition) is 3. The molecule has 0 saturated carbocycles. The van der Waals surface area contributed by atoms with E-state index in [0.717, 1.165) is 3.57 Å². The summed E-state index contributed by atoms with van der Waals surface area (Å²) in [5.74, 6) is 0.428. The largest absolute Gasteiger partial charge is 0.495 e. The van der Waals surface area contributed by atoms with Crippen LogP contribution in [0.3, 0.4) is 0 Å². The average Bonchev–Trinajstić information content (AvgIpc) is 2.41. The molecule has 0 aliphatic rings. The lowest BCUT2D eigenvalue weighted by Gasteiger charge is -2.04. The van der Waals surface area contributed by atoms with E-state index in [4.69, 9.17) is 16.3 Å². The molecule has 1 aromatic carbocycles. The van der Waals surface area contributed by atoms with Crippen LogP contribution in [0.15, 0.2) is 36.7 Å². The van der Waals surface area contributed by atoms with Crippen molar-refractivity contribution in [1.29, 1.82) is 0 Å². The lowest BCUT2D eigenvalue weighted by atomic mass is 10.1. The maximum absolute atomic E-state index is 12.2.